The summed E-state index contributed by atoms with van der Waals surface area (Å²) in [4.78, 5) is 18.2. The summed E-state index contributed by atoms with van der Waals surface area (Å²) in [6.07, 6.45) is 10.4. The van der Waals surface area contributed by atoms with Crippen LogP contribution >= 0.6 is 58.8 Å². The molecule has 0 amide bonds. The highest BCUT2D eigenvalue weighted by Crippen LogP contribution is 2.62. The number of unbranched alkanes of at least 4 members (excludes halogenated alkanes) is 3. The normalized spacial score (nSPS) is 12.3. The molecule has 3 aromatic heterocycles. The van der Waals surface area contributed by atoms with E-state index in [-0.39, 0.29) is 0 Å². The summed E-state index contributed by atoms with van der Waals surface area (Å²) >= 11 is 9.35. The smallest absolute Gasteiger partial charge is 0.152 e. The Balaban J connectivity index is 0.000000106. The maximum Gasteiger partial charge on any atom is 0.152 e. The van der Waals surface area contributed by atoms with E-state index >= 15 is 0 Å². The van der Waals surface area contributed by atoms with Gasteiger partial charge in [-0.25, -0.2) is 0 Å². The molecule has 7 aliphatic rings. The second-order valence-electron chi connectivity index (χ2n) is 29.8. The minimum absolute atomic E-state index is 0.911. The first-order valence-corrected chi connectivity index (χ1v) is 46.6. The molecule has 0 aliphatic carbocycles. The lowest BCUT2D eigenvalue weighted by atomic mass is 10.1. The molecule has 10 heterocycles. The van der Waals surface area contributed by atoms with Gasteiger partial charge in [0.25, 0.3) is 0 Å². The second-order valence-corrected chi connectivity index (χ2v) is 35.2. The number of hydrogen-bond acceptors (Lipinski definition) is 9. The number of anilines is 6. The van der Waals surface area contributed by atoms with Crippen molar-refractivity contribution in [2.24, 2.45) is 0 Å². The Bertz CT molecular complexity index is 5990. The number of rotatable bonds is 3. The lowest BCUT2D eigenvalue weighted by Gasteiger charge is -2.38. The molecule has 18 aromatic rings. The minimum atomic E-state index is 0.911. The SMILES string of the molecule is CCC.CCC.CCCC.CCCC.CCCC.c1ccc2c(c1)Oc1cccc3c4ccccc4n-2c13.c1ccc2c(c1)Oc1cccc3c4ccccc4n-2c13.c1ccc2c(c1)Sc1cccc3c1N2c1ccccc1S3.c1ccc2c(c1)Sc1cccc3c1N2c1ccccc1S3.c1ccc2c(c1)Sc1cccc3c4ccccc4n-2c13. The van der Waals surface area contributed by atoms with Crippen molar-refractivity contribution in [1.82, 2.24) is 13.7 Å². The zero-order valence-corrected chi connectivity index (χ0v) is 74.1. The van der Waals surface area contributed by atoms with E-state index in [2.05, 4.69) is 390 Å². The van der Waals surface area contributed by atoms with E-state index in [1.807, 2.05) is 95.2 Å². The maximum absolute atomic E-state index is 6.06. The Labute approximate surface area is 728 Å². The average Bonchev–Trinajstić information content (AvgIpc) is 0.950. The number of para-hydroxylation sites is 17. The summed E-state index contributed by atoms with van der Waals surface area (Å²) in [7, 11) is 0. The van der Waals surface area contributed by atoms with Crippen molar-refractivity contribution >= 4 is 158 Å². The van der Waals surface area contributed by atoms with Gasteiger partial charge in [-0.2, -0.15) is 0 Å². The van der Waals surface area contributed by atoms with Gasteiger partial charge >= 0.3 is 0 Å². The summed E-state index contributed by atoms with van der Waals surface area (Å²) in [5.74, 6) is 3.68. The van der Waals surface area contributed by atoms with Crippen molar-refractivity contribution in [3.8, 4) is 40.1 Å². The Morgan fingerprint density at radius 3 is 0.750 bits per heavy atom. The van der Waals surface area contributed by atoms with E-state index in [4.69, 9.17) is 9.47 Å². The highest BCUT2D eigenvalue weighted by Gasteiger charge is 2.35. The molecule has 0 saturated heterocycles. The van der Waals surface area contributed by atoms with Gasteiger partial charge in [0.1, 0.15) is 0 Å². The largest absolute Gasteiger partial charge is 0.453 e. The molecular weight excluding hydrogens is 1560 g/mol. The van der Waals surface area contributed by atoms with Crippen molar-refractivity contribution < 1.29 is 9.47 Å². The van der Waals surface area contributed by atoms with Gasteiger partial charge in [0.05, 0.1) is 84.3 Å². The number of ether oxygens (including phenoxy) is 2. The van der Waals surface area contributed by atoms with Gasteiger partial charge in [0.2, 0.25) is 0 Å². The monoisotopic (exact) mass is 1660 g/mol. The zero-order chi connectivity index (χ0) is 82.6. The van der Waals surface area contributed by atoms with Crippen molar-refractivity contribution in [2.45, 2.75) is 170 Å². The standard InChI is InChI=1S/2C18H11NO.2C18H11NS2.C18H11NS.3C4H10.2C3H8/c2*1-2-8-14-12(6-1)13-7-5-11-17-18(13)19(14)15-9-3-4-10-16(15)20-17;2*1-3-8-14-12(6-1)19-13-7-2-4-9-15(13)21-17-11-5-10-16(20-14)18(17)19;1-2-8-14-12(6-1)13-7-5-11-17-18(13)19(14)15-9-3-4-10-16(15)20-17;3*1-3-4-2;2*1-3-2/h2*1-11H;2*1-11H;1-11H;3*3-4H2,1-2H3;2*3H2,1-2H3. The quantitative estimate of drug-likeness (QED) is 0.172. The van der Waals surface area contributed by atoms with Crippen LogP contribution in [0.3, 0.4) is 0 Å². The number of nitrogens with zero attached hydrogens (tertiary/aromatic N) is 5. The number of benzene rings is 15. The first-order chi connectivity index (χ1) is 59.2. The van der Waals surface area contributed by atoms with Gasteiger partial charge in [-0.15, -0.1) is 0 Å². The molecule has 7 nitrogen and oxygen atoms in total. The summed E-state index contributed by atoms with van der Waals surface area (Å²) < 4.78 is 19.1. The topological polar surface area (TPSA) is 39.7 Å². The molecule has 0 bridgehead atoms. The lowest BCUT2D eigenvalue weighted by molar-refractivity contribution is 0.476. The van der Waals surface area contributed by atoms with Crippen LogP contribution in [0.4, 0.5) is 34.1 Å². The van der Waals surface area contributed by atoms with Crippen LogP contribution in [0.5, 0.6) is 23.0 Å². The predicted octanol–water partition coefficient (Wildman–Crippen LogP) is 35.5. The van der Waals surface area contributed by atoms with Crippen LogP contribution in [-0.2, 0) is 0 Å². The molecule has 600 valence electrons. The molecule has 0 atom stereocenters. The maximum atomic E-state index is 6.06. The Hall–Kier alpha value is -11.4. The first-order valence-electron chi connectivity index (χ1n) is 42.5. The van der Waals surface area contributed by atoms with Crippen molar-refractivity contribution in [3.05, 3.63) is 334 Å². The molecule has 0 unspecified atom stereocenters. The highest BCUT2D eigenvalue weighted by molar-refractivity contribution is 8.01. The van der Waals surface area contributed by atoms with E-state index in [1.165, 1.54) is 195 Å². The molecule has 0 N–H and O–H groups in total. The lowest BCUT2D eigenvalue weighted by Crippen LogP contribution is -2.18. The molecule has 7 aliphatic heterocycles. The van der Waals surface area contributed by atoms with Gasteiger partial charge in [0, 0.05) is 81.3 Å². The molecule has 0 saturated carbocycles. The van der Waals surface area contributed by atoms with Gasteiger partial charge < -0.3 is 33.0 Å². The Morgan fingerprint density at radius 2 is 0.408 bits per heavy atom. The van der Waals surface area contributed by atoms with Crippen molar-refractivity contribution in [1.29, 1.82) is 0 Å². The Kier molecular flexibility index (Phi) is 26.3. The predicted molar refractivity (Wildman–Crippen MR) is 519 cm³/mol. The van der Waals surface area contributed by atoms with Crippen LogP contribution in [0, 0.1) is 0 Å². The summed E-state index contributed by atoms with van der Waals surface area (Å²) in [5, 5.41) is 7.70. The van der Waals surface area contributed by atoms with E-state index in [0.717, 1.165) is 45.4 Å². The molecule has 120 heavy (non-hydrogen) atoms. The van der Waals surface area contributed by atoms with Crippen LogP contribution < -0.4 is 19.3 Å². The summed E-state index contributed by atoms with van der Waals surface area (Å²) in [5.41, 5.74) is 18.7. The van der Waals surface area contributed by atoms with Crippen LogP contribution in [0.15, 0.2) is 383 Å². The fourth-order valence-electron chi connectivity index (χ4n) is 15.4. The third-order valence-corrected chi connectivity index (χ3v) is 26.7. The van der Waals surface area contributed by atoms with Gasteiger partial charge in [-0.05, 0) is 146 Å². The number of fused-ring (bicyclic) bond motifs is 23. The average molecular weight is 1660 g/mol. The third kappa shape index (κ3) is 16.1. The highest BCUT2D eigenvalue weighted by atomic mass is 32.2. The minimum Gasteiger partial charge on any atom is -0.453 e. The molecule has 15 aromatic carbocycles. The van der Waals surface area contributed by atoms with Crippen LogP contribution in [0.25, 0.3) is 82.5 Å². The molecular formula is C108H101N5O2S5. The second kappa shape index (κ2) is 38.4. The molecule has 12 heteroatoms. The van der Waals surface area contributed by atoms with Crippen LogP contribution in [0.2, 0.25) is 0 Å². The fraction of sp³-hybridized carbons (Fsp3) is 0.167. The van der Waals surface area contributed by atoms with Gasteiger partial charge in [0.15, 0.2) is 23.0 Å². The molecule has 0 spiro atoms. The van der Waals surface area contributed by atoms with E-state index in [0.29, 0.717) is 0 Å². The van der Waals surface area contributed by atoms with Crippen LogP contribution in [-0.4, -0.2) is 13.7 Å². The first kappa shape index (κ1) is 82.4. The fourth-order valence-corrected chi connectivity index (χ4v) is 21.0. The third-order valence-electron chi connectivity index (χ3n) is 21.1. The van der Waals surface area contributed by atoms with E-state index in [1.54, 1.807) is 0 Å². The Morgan fingerprint density at radius 1 is 0.192 bits per heavy atom. The van der Waals surface area contributed by atoms with Crippen molar-refractivity contribution in [2.75, 3.05) is 9.80 Å². The van der Waals surface area contributed by atoms with Gasteiger partial charge in [-0.3, -0.25) is 0 Å². The zero-order valence-electron chi connectivity index (χ0n) is 70.0. The van der Waals surface area contributed by atoms with E-state index in [9.17, 15) is 0 Å². The molecule has 25 rings (SSSR count). The number of aromatic nitrogens is 3. The summed E-state index contributed by atoms with van der Waals surface area (Å²) in [6, 6.07) is 118. The van der Waals surface area contributed by atoms with Crippen molar-refractivity contribution in [3.63, 3.8) is 0 Å². The number of hydrogen-bond donors (Lipinski definition) is 0. The van der Waals surface area contributed by atoms with Gasteiger partial charge in [-0.1, -0.05) is 367 Å². The van der Waals surface area contributed by atoms with Crippen LogP contribution in [0.1, 0.15) is 121 Å². The molecule has 0 fully saturated rings. The summed E-state index contributed by atoms with van der Waals surface area (Å²) in [6.45, 7) is 21.6. The van der Waals surface area contributed by atoms with E-state index < -0.39 is 0 Å². The molecule has 0 radical (unpaired) electrons.